The Balaban J connectivity index is 1.81. The van der Waals surface area contributed by atoms with Crippen LogP contribution in [0.2, 0.25) is 0 Å². The molecule has 1 heterocycles. The van der Waals surface area contributed by atoms with Crippen LogP contribution in [-0.2, 0) is 0 Å². The molecule has 114 valence electrons. The topological polar surface area (TPSA) is 99.8 Å². The lowest BCUT2D eigenvalue weighted by atomic mass is 10.1. The molecule has 6 heteroatoms. The molecular weight excluding hydrogens is 290 g/mol. The Hall–Kier alpha value is -3.41. The van der Waals surface area contributed by atoms with Crippen LogP contribution in [0.5, 0.6) is 0 Å². The van der Waals surface area contributed by atoms with E-state index in [0.717, 1.165) is 11.1 Å². The monoisotopic (exact) mass is 305 g/mol. The number of primary amides is 1. The molecule has 0 atom stereocenters. The first-order valence-corrected chi connectivity index (χ1v) is 7.00. The minimum absolute atomic E-state index is 0.0190. The summed E-state index contributed by atoms with van der Waals surface area (Å²) in [6, 6.07) is 17.6. The van der Waals surface area contributed by atoms with Gasteiger partial charge in [0.05, 0.1) is 5.69 Å². The Bertz CT molecular complexity index is 850. The largest absolute Gasteiger partial charge is 0.380 e. The summed E-state index contributed by atoms with van der Waals surface area (Å²) < 4.78 is 0. The summed E-state index contributed by atoms with van der Waals surface area (Å²) in [4.78, 5) is 12.4. The van der Waals surface area contributed by atoms with Gasteiger partial charge >= 0.3 is 0 Å². The van der Waals surface area contributed by atoms with Crippen LogP contribution in [0.25, 0.3) is 17.8 Å². The molecule has 0 bridgehead atoms. The number of amides is 1. The summed E-state index contributed by atoms with van der Waals surface area (Å²) in [5, 5.41) is 7.98. The van der Waals surface area contributed by atoms with E-state index in [2.05, 4.69) is 10.2 Å². The van der Waals surface area contributed by atoms with Gasteiger partial charge in [-0.05, 0) is 23.3 Å². The standard InChI is InChI=1S/C17H15N5O/c18-16-15(17(19)23)20-22(21-16)14-10-8-13(9-11-14)7-6-12-4-2-1-3-5-12/h1-11H,(H2,18,21)(H2,19,23)/b7-6+. The highest BCUT2D eigenvalue weighted by molar-refractivity contribution is 5.94. The number of nitrogens with zero attached hydrogens (tertiary/aromatic N) is 3. The number of anilines is 1. The predicted octanol–water partition coefficient (Wildman–Crippen LogP) is 2.12. The number of benzene rings is 2. The molecule has 1 aromatic heterocycles. The summed E-state index contributed by atoms with van der Waals surface area (Å²) in [7, 11) is 0. The Morgan fingerprint density at radius 1 is 0.913 bits per heavy atom. The van der Waals surface area contributed by atoms with Crippen LogP contribution in [0.4, 0.5) is 5.82 Å². The molecule has 0 aliphatic heterocycles. The van der Waals surface area contributed by atoms with Crippen molar-refractivity contribution in [3.63, 3.8) is 0 Å². The predicted molar refractivity (Wildman–Crippen MR) is 89.7 cm³/mol. The maximum Gasteiger partial charge on any atom is 0.273 e. The molecule has 0 unspecified atom stereocenters. The van der Waals surface area contributed by atoms with Gasteiger partial charge < -0.3 is 11.5 Å². The van der Waals surface area contributed by atoms with Gasteiger partial charge in [0.25, 0.3) is 5.91 Å². The van der Waals surface area contributed by atoms with Gasteiger partial charge in [-0.25, -0.2) is 0 Å². The number of nitrogen functional groups attached to an aromatic ring is 1. The summed E-state index contributed by atoms with van der Waals surface area (Å²) in [6.45, 7) is 0. The van der Waals surface area contributed by atoms with Gasteiger partial charge in [0.15, 0.2) is 11.5 Å². The number of aromatic nitrogens is 3. The maximum atomic E-state index is 11.2. The minimum atomic E-state index is -0.698. The summed E-state index contributed by atoms with van der Waals surface area (Å²) >= 11 is 0. The molecule has 0 saturated heterocycles. The van der Waals surface area contributed by atoms with Gasteiger partial charge in [-0.15, -0.1) is 15.0 Å². The van der Waals surface area contributed by atoms with E-state index in [0.29, 0.717) is 5.69 Å². The number of carbonyl (C=O) groups is 1. The maximum absolute atomic E-state index is 11.2. The normalized spacial score (nSPS) is 11.0. The fourth-order valence-electron chi connectivity index (χ4n) is 2.08. The van der Waals surface area contributed by atoms with Crippen molar-refractivity contribution < 1.29 is 4.79 Å². The molecule has 6 nitrogen and oxygen atoms in total. The zero-order valence-electron chi connectivity index (χ0n) is 12.3. The second-order valence-corrected chi connectivity index (χ2v) is 4.92. The van der Waals surface area contributed by atoms with Gasteiger partial charge in [0.2, 0.25) is 0 Å². The SMILES string of the molecule is NC(=O)c1nn(-c2ccc(/C=C/c3ccccc3)cc2)nc1N. The van der Waals surface area contributed by atoms with Crippen molar-refractivity contribution in [2.24, 2.45) is 5.73 Å². The van der Waals surface area contributed by atoms with Gasteiger partial charge in [-0.1, -0.05) is 54.6 Å². The molecule has 0 aliphatic carbocycles. The number of carbonyl (C=O) groups excluding carboxylic acids is 1. The molecule has 3 rings (SSSR count). The highest BCUT2D eigenvalue weighted by Gasteiger charge is 2.13. The zero-order valence-corrected chi connectivity index (χ0v) is 12.3. The van der Waals surface area contributed by atoms with Crippen LogP contribution in [0, 0.1) is 0 Å². The van der Waals surface area contributed by atoms with E-state index >= 15 is 0 Å². The molecular formula is C17H15N5O. The van der Waals surface area contributed by atoms with Crippen molar-refractivity contribution in [2.75, 3.05) is 5.73 Å². The van der Waals surface area contributed by atoms with Crippen LogP contribution in [-0.4, -0.2) is 20.9 Å². The average molecular weight is 305 g/mol. The Morgan fingerprint density at radius 2 is 1.52 bits per heavy atom. The fraction of sp³-hybridized carbons (Fsp3) is 0. The van der Waals surface area contributed by atoms with Crippen LogP contribution >= 0.6 is 0 Å². The average Bonchev–Trinajstić information content (AvgIpc) is 2.96. The van der Waals surface area contributed by atoms with E-state index in [9.17, 15) is 4.79 Å². The second kappa shape index (κ2) is 6.15. The van der Waals surface area contributed by atoms with Crippen molar-refractivity contribution in [3.05, 3.63) is 71.4 Å². The molecule has 0 fully saturated rings. The Kier molecular flexibility index (Phi) is 3.88. The van der Waals surface area contributed by atoms with Crippen molar-refractivity contribution in [3.8, 4) is 5.69 Å². The number of hydrogen-bond acceptors (Lipinski definition) is 4. The highest BCUT2D eigenvalue weighted by atomic mass is 16.1. The van der Waals surface area contributed by atoms with Crippen LogP contribution in [0.3, 0.4) is 0 Å². The third kappa shape index (κ3) is 3.26. The molecule has 4 N–H and O–H groups in total. The van der Waals surface area contributed by atoms with Crippen LogP contribution < -0.4 is 11.5 Å². The van der Waals surface area contributed by atoms with Crippen LogP contribution in [0.15, 0.2) is 54.6 Å². The summed E-state index contributed by atoms with van der Waals surface area (Å²) in [5.41, 5.74) is 13.6. The van der Waals surface area contributed by atoms with E-state index in [1.807, 2.05) is 66.7 Å². The fourth-order valence-corrected chi connectivity index (χ4v) is 2.08. The Morgan fingerprint density at radius 3 is 2.09 bits per heavy atom. The third-order valence-electron chi connectivity index (χ3n) is 3.27. The smallest absolute Gasteiger partial charge is 0.273 e. The first-order valence-electron chi connectivity index (χ1n) is 7.00. The van der Waals surface area contributed by atoms with Gasteiger partial charge in [-0.3, -0.25) is 4.79 Å². The van der Waals surface area contributed by atoms with Crippen LogP contribution in [0.1, 0.15) is 21.6 Å². The zero-order chi connectivity index (χ0) is 16.2. The first kappa shape index (κ1) is 14.5. The minimum Gasteiger partial charge on any atom is -0.380 e. The van der Waals surface area contributed by atoms with E-state index in [1.54, 1.807) is 0 Å². The molecule has 0 saturated carbocycles. The lowest BCUT2D eigenvalue weighted by Gasteiger charge is -2.00. The third-order valence-corrected chi connectivity index (χ3v) is 3.27. The van der Waals surface area contributed by atoms with E-state index in [-0.39, 0.29) is 11.5 Å². The molecule has 0 radical (unpaired) electrons. The number of nitrogens with two attached hydrogens (primary N) is 2. The Labute approximate surface area is 133 Å². The van der Waals surface area contributed by atoms with E-state index < -0.39 is 5.91 Å². The number of rotatable bonds is 4. The summed E-state index contributed by atoms with van der Waals surface area (Å²) in [6.07, 6.45) is 4.04. The van der Waals surface area contributed by atoms with Crippen molar-refractivity contribution in [1.29, 1.82) is 0 Å². The van der Waals surface area contributed by atoms with Gasteiger partial charge in [0, 0.05) is 0 Å². The van der Waals surface area contributed by atoms with Crippen molar-refractivity contribution in [2.45, 2.75) is 0 Å². The van der Waals surface area contributed by atoms with Gasteiger partial charge in [-0.2, -0.15) is 0 Å². The molecule has 3 aromatic rings. The van der Waals surface area contributed by atoms with E-state index in [1.165, 1.54) is 4.80 Å². The molecule has 2 aromatic carbocycles. The van der Waals surface area contributed by atoms with Crippen molar-refractivity contribution in [1.82, 2.24) is 15.0 Å². The molecule has 0 aliphatic rings. The van der Waals surface area contributed by atoms with E-state index in [4.69, 9.17) is 11.5 Å². The lowest BCUT2D eigenvalue weighted by molar-refractivity contribution is 0.0996. The molecule has 1 amide bonds. The summed E-state index contributed by atoms with van der Waals surface area (Å²) in [5.74, 6) is -0.679. The highest BCUT2D eigenvalue weighted by Crippen LogP contribution is 2.13. The van der Waals surface area contributed by atoms with Gasteiger partial charge in [0.1, 0.15) is 0 Å². The molecule has 23 heavy (non-hydrogen) atoms. The van der Waals surface area contributed by atoms with Crippen molar-refractivity contribution >= 4 is 23.9 Å². The lowest BCUT2D eigenvalue weighted by Crippen LogP contribution is -2.14. The first-order chi connectivity index (χ1) is 11.1. The second-order valence-electron chi connectivity index (χ2n) is 4.92. The molecule has 0 spiro atoms. The quantitative estimate of drug-likeness (QED) is 0.721. The number of hydrogen-bond donors (Lipinski definition) is 2.